The third-order valence-corrected chi connectivity index (χ3v) is 8.28. The lowest BCUT2D eigenvalue weighted by Gasteiger charge is -2.41. The SMILES string of the molecule is Cc1cc(CNC(=O)c2nc3n(c(=O)c2O)CC2(Cn4ncnn4)CCC3(CC(=O)C(=O)N(C)C)CC2)ccc1F. The Balaban J connectivity index is 1.54. The third kappa shape index (κ3) is 5.21. The molecular weight excluding hydrogens is 535 g/mol. The number of likely N-dealkylation sites (N-methyl/N-ethyl adjacent to an activating group) is 1. The Morgan fingerprint density at radius 1 is 1.17 bits per heavy atom. The van der Waals surface area contributed by atoms with Gasteiger partial charge < -0.3 is 15.3 Å². The average Bonchev–Trinajstić information content (AvgIpc) is 3.36. The Morgan fingerprint density at radius 2 is 1.90 bits per heavy atom. The van der Waals surface area contributed by atoms with Crippen LogP contribution in [0.5, 0.6) is 5.75 Å². The summed E-state index contributed by atoms with van der Waals surface area (Å²) in [5, 5.41) is 25.4. The highest BCUT2D eigenvalue weighted by atomic mass is 19.1. The Morgan fingerprint density at radius 3 is 2.54 bits per heavy atom. The molecule has 6 rings (SSSR count). The summed E-state index contributed by atoms with van der Waals surface area (Å²) in [6.07, 6.45) is 3.08. The minimum atomic E-state index is -1.01. The number of halogens is 1. The Hall–Kier alpha value is -4.49. The summed E-state index contributed by atoms with van der Waals surface area (Å²) in [4.78, 5) is 59.6. The van der Waals surface area contributed by atoms with Gasteiger partial charge in [-0.05, 0) is 55.0 Å². The van der Waals surface area contributed by atoms with E-state index in [1.165, 1.54) is 46.8 Å². The molecule has 2 amide bonds. The summed E-state index contributed by atoms with van der Waals surface area (Å²) < 4.78 is 15.0. The van der Waals surface area contributed by atoms with Crippen molar-refractivity contribution in [1.82, 2.24) is 40.0 Å². The van der Waals surface area contributed by atoms with E-state index in [0.717, 1.165) is 0 Å². The van der Waals surface area contributed by atoms with Crippen molar-refractivity contribution in [2.24, 2.45) is 5.41 Å². The van der Waals surface area contributed by atoms with E-state index in [-0.39, 0.29) is 31.2 Å². The van der Waals surface area contributed by atoms with Crippen molar-refractivity contribution >= 4 is 17.6 Å². The van der Waals surface area contributed by atoms with E-state index >= 15 is 0 Å². The number of nitrogens with one attached hydrogen (secondary N) is 1. The minimum Gasteiger partial charge on any atom is -0.501 e. The highest BCUT2D eigenvalue weighted by Gasteiger charge is 2.52. The van der Waals surface area contributed by atoms with Crippen LogP contribution in [0.3, 0.4) is 0 Å². The molecule has 1 saturated carbocycles. The molecule has 3 aromatic rings. The highest BCUT2D eigenvalue weighted by Crippen LogP contribution is 2.53. The van der Waals surface area contributed by atoms with Gasteiger partial charge in [0.2, 0.25) is 11.5 Å². The maximum Gasteiger partial charge on any atom is 0.296 e. The van der Waals surface area contributed by atoms with Gasteiger partial charge in [0.15, 0.2) is 12.0 Å². The van der Waals surface area contributed by atoms with Gasteiger partial charge in [-0.1, -0.05) is 12.1 Å². The van der Waals surface area contributed by atoms with Crippen molar-refractivity contribution < 1.29 is 23.9 Å². The first-order valence-corrected chi connectivity index (χ1v) is 13.3. The zero-order valence-corrected chi connectivity index (χ0v) is 23.1. The Labute approximate surface area is 234 Å². The molecule has 1 fully saturated rings. The second-order valence-electron chi connectivity index (χ2n) is 11.3. The lowest BCUT2D eigenvalue weighted by Crippen LogP contribution is -2.42. The third-order valence-electron chi connectivity index (χ3n) is 8.28. The molecule has 4 heterocycles. The number of Topliss-reactive ketones (excluding diaryl/α,β-unsaturated/α-hetero) is 1. The summed E-state index contributed by atoms with van der Waals surface area (Å²) in [6.45, 7) is 2.11. The summed E-state index contributed by atoms with van der Waals surface area (Å²) in [5.41, 5.74) is -1.77. The quantitative estimate of drug-likeness (QED) is 0.376. The number of tetrazole rings is 1. The molecule has 0 unspecified atom stereocenters. The number of aryl methyl sites for hydroxylation is 1. The lowest BCUT2D eigenvalue weighted by molar-refractivity contribution is -0.144. The molecule has 0 atom stereocenters. The number of benzene rings is 1. The molecule has 0 radical (unpaired) electrons. The van der Waals surface area contributed by atoms with Gasteiger partial charge in [-0.3, -0.25) is 23.7 Å². The normalized spacial score (nSPS) is 21.2. The van der Waals surface area contributed by atoms with Gasteiger partial charge >= 0.3 is 0 Å². The van der Waals surface area contributed by atoms with Crippen molar-refractivity contribution in [1.29, 1.82) is 0 Å². The molecule has 13 nitrogen and oxygen atoms in total. The van der Waals surface area contributed by atoms with Crippen LogP contribution in [0.1, 0.15) is 59.5 Å². The molecule has 2 N–H and O–H groups in total. The van der Waals surface area contributed by atoms with Crippen molar-refractivity contribution in [3.63, 3.8) is 0 Å². The number of rotatable bonds is 8. The fourth-order valence-electron chi connectivity index (χ4n) is 5.97. The highest BCUT2D eigenvalue weighted by molar-refractivity contribution is 6.36. The number of nitrogens with zero attached hydrogens (tertiary/aromatic N) is 7. The number of carbonyl (C=O) groups is 3. The van der Waals surface area contributed by atoms with Crippen LogP contribution in [-0.4, -0.2) is 71.5 Å². The van der Waals surface area contributed by atoms with Crippen LogP contribution < -0.4 is 10.9 Å². The number of aromatic nitrogens is 6. The van der Waals surface area contributed by atoms with Gasteiger partial charge in [-0.15, -0.1) is 10.2 Å². The number of hydrogen-bond acceptors (Lipinski definition) is 9. The predicted molar refractivity (Wildman–Crippen MR) is 141 cm³/mol. The molecular formula is C27H31FN8O5. The summed E-state index contributed by atoms with van der Waals surface area (Å²) in [6, 6.07) is 4.39. The smallest absolute Gasteiger partial charge is 0.296 e. The maximum absolute atomic E-state index is 13.7. The van der Waals surface area contributed by atoms with Crippen molar-refractivity contribution in [3.05, 3.63) is 63.3 Å². The first-order chi connectivity index (χ1) is 19.4. The number of aromatic hydroxyl groups is 1. The van der Waals surface area contributed by atoms with Crippen LogP contribution >= 0.6 is 0 Å². The fourth-order valence-corrected chi connectivity index (χ4v) is 5.97. The van der Waals surface area contributed by atoms with E-state index in [1.807, 2.05) is 0 Å². The van der Waals surface area contributed by atoms with Gasteiger partial charge in [0.05, 0.1) is 6.54 Å². The van der Waals surface area contributed by atoms with Gasteiger partial charge in [0.1, 0.15) is 11.6 Å². The molecule has 0 spiro atoms. The van der Waals surface area contributed by atoms with Crippen LogP contribution in [0.25, 0.3) is 0 Å². The molecule has 41 heavy (non-hydrogen) atoms. The largest absolute Gasteiger partial charge is 0.501 e. The number of amides is 2. The first kappa shape index (κ1) is 28.1. The topological polar surface area (TPSA) is 165 Å². The van der Waals surface area contributed by atoms with E-state index in [4.69, 9.17) is 0 Å². The second kappa shape index (κ2) is 10.5. The lowest BCUT2D eigenvalue weighted by atomic mass is 9.63. The number of carbonyl (C=O) groups excluding carboxylic acids is 3. The van der Waals surface area contributed by atoms with Crippen LogP contribution in [0.4, 0.5) is 4.39 Å². The summed E-state index contributed by atoms with van der Waals surface area (Å²) in [7, 11) is 2.98. The van der Waals surface area contributed by atoms with E-state index in [1.54, 1.807) is 13.0 Å². The van der Waals surface area contributed by atoms with Crippen LogP contribution in [0.15, 0.2) is 29.3 Å². The Bertz CT molecular complexity index is 1570. The minimum absolute atomic E-state index is 0.00841. The van der Waals surface area contributed by atoms with E-state index in [2.05, 4.69) is 25.7 Å². The Kier molecular flexibility index (Phi) is 7.17. The van der Waals surface area contributed by atoms with Gasteiger partial charge in [-0.25, -0.2) is 9.37 Å². The van der Waals surface area contributed by atoms with Gasteiger partial charge in [0.25, 0.3) is 17.4 Å². The van der Waals surface area contributed by atoms with Crippen molar-refractivity contribution in [2.75, 3.05) is 14.1 Å². The standard InChI is InChI=1S/C27H31FN8O5/c1-16-10-17(4-5-18(16)28)12-29-22(39)20-21(38)24(41)35-13-26(14-36-31-15-30-33-36)6-8-27(9-7-26,25(35)32-20)11-19(37)23(40)34(2)3/h4-5,10,15,38H,6-9,11-14H2,1-3H3,(H,29,39). The molecule has 2 aromatic heterocycles. The molecule has 14 heteroatoms. The average molecular weight is 567 g/mol. The molecule has 1 aromatic carbocycles. The number of hydrogen-bond donors (Lipinski definition) is 2. The second-order valence-corrected chi connectivity index (χ2v) is 11.3. The zero-order valence-electron chi connectivity index (χ0n) is 23.1. The molecule has 216 valence electrons. The first-order valence-electron chi connectivity index (χ1n) is 13.3. The zero-order chi connectivity index (χ0) is 29.5. The molecule has 2 bridgehead atoms. The molecule has 0 saturated heterocycles. The van der Waals surface area contributed by atoms with Gasteiger partial charge in [0, 0.05) is 44.4 Å². The fraction of sp³-hybridized carbons (Fsp3) is 0.481. The van der Waals surface area contributed by atoms with E-state index in [0.29, 0.717) is 43.4 Å². The van der Waals surface area contributed by atoms with Crippen LogP contribution in [-0.2, 0) is 34.6 Å². The maximum atomic E-state index is 13.7. The van der Waals surface area contributed by atoms with Crippen LogP contribution in [0, 0.1) is 18.2 Å². The van der Waals surface area contributed by atoms with E-state index in [9.17, 15) is 28.7 Å². The number of ketones is 1. The van der Waals surface area contributed by atoms with Crippen molar-refractivity contribution in [3.8, 4) is 5.75 Å². The molecule has 2 aliphatic heterocycles. The summed E-state index contributed by atoms with van der Waals surface area (Å²) in [5.74, 6) is -3.10. The van der Waals surface area contributed by atoms with Crippen molar-refractivity contribution in [2.45, 2.75) is 64.1 Å². The molecule has 1 aliphatic carbocycles. The number of fused-ring (bicyclic) bond motifs is 2. The predicted octanol–water partition coefficient (Wildman–Crippen LogP) is 0.872. The summed E-state index contributed by atoms with van der Waals surface area (Å²) >= 11 is 0. The van der Waals surface area contributed by atoms with Crippen LogP contribution in [0.2, 0.25) is 0 Å². The van der Waals surface area contributed by atoms with E-state index < -0.39 is 45.4 Å². The van der Waals surface area contributed by atoms with Gasteiger partial charge in [-0.2, -0.15) is 4.80 Å². The molecule has 3 aliphatic rings. The monoisotopic (exact) mass is 566 g/mol.